The zero-order valence-corrected chi connectivity index (χ0v) is 21.0. The first-order valence-corrected chi connectivity index (χ1v) is 11.8. The lowest BCUT2D eigenvalue weighted by atomic mass is 9.86. The Morgan fingerprint density at radius 3 is 2.48 bits per heavy atom. The van der Waals surface area contributed by atoms with Gasteiger partial charge >= 0.3 is 6.09 Å². The van der Waals surface area contributed by atoms with Gasteiger partial charge in [-0.3, -0.25) is 4.90 Å². The van der Waals surface area contributed by atoms with Gasteiger partial charge in [-0.1, -0.05) is 13.8 Å². The molecule has 0 spiro atoms. The fourth-order valence-electron chi connectivity index (χ4n) is 4.63. The van der Waals surface area contributed by atoms with Crippen molar-refractivity contribution in [3.8, 4) is 17.0 Å². The third-order valence-corrected chi connectivity index (χ3v) is 5.83. The number of rotatable bonds is 9. The minimum atomic E-state index is -0.930. The number of amides is 1. The average molecular weight is 455 g/mol. The summed E-state index contributed by atoms with van der Waals surface area (Å²) in [4.78, 5) is 22.7. The van der Waals surface area contributed by atoms with Gasteiger partial charge in [0.15, 0.2) is 0 Å². The molecule has 7 nitrogen and oxygen atoms in total. The van der Waals surface area contributed by atoms with E-state index in [0.717, 1.165) is 22.6 Å². The van der Waals surface area contributed by atoms with Crippen LogP contribution >= 0.6 is 0 Å². The summed E-state index contributed by atoms with van der Waals surface area (Å²) in [5.74, 6) is 1.73. The second kappa shape index (κ2) is 9.57. The first-order valence-electron chi connectivity index (χ1n) is 11.8. The van der Waals surface area contributed by atoms with E-state index in [-0.39, 0.29) is 6.61 Å². The monoisotopic (exact) mass is 454 g/mol. The number of benzene rings is 1. The molecule has 1 aromatic carbocycles. The van der Waals surface area contributed by atoms with Crippen LogP contribution in [0.25, 0.3) is 11.3 Å². The van der Waals surface area contributed by atoms with Crippen LogP contribution in [0.1, 0.15) is 66.4 Å². The topological polar surface area (TPSA) is 87.6 Å². The smallest absolute Gasteiger partial charge is 0.408 e. The van der Waals surface area contributed by atoms with E-state index >= 15 is 0 Å². The van der Waals surface area contributed by atoms with Crippen LogP contribution in [0.15, 0.2) is 30.5 Å². The number of anilines is 1. The predicted molar refractivity (Wildman–Crippen MR) is 132 cm³/mol. The first-order chi connectivity index (χ1) is 15.4. The van der Waals surface area contributed by atoms with E-state index in [1.54, 1.807) is 11.1 Å². The molecule has 0 radical (unpaired) electrons. The molecule has 3 rings (SSSR count). The summed E-state index contributed by atoms with van der Waals surface area (Å²) in [5.41, 5.74) is 1.62. The van der Waals surface area contributed by atoms with Gasteiger partial charge in [0.2, 0.25) is 5.95 Å². The molecule has 1 saturated carbocycles. The van der Waals surface area contributed by atoms with Crippen molar-refractivity contribution in [2.24, 2.45) is 5.92 Å². The summed E-state index contributed by atoms with van der Waals surface area (Å²) in [6.45, 7) is 14.2. The van der Waals surface area contributed by atoms with Crippen molar-refractivity contribution < 1.29 is 14.6 Å². The Labute approximate surface area is 197 Å². The van der Waals surface area contributed by atoms with E-state index in [4.69, 9.17) is 4.74 Å². The zero-order chi connectivity index (χ0) is 24.4. The number of hydrogen-bond donors (Lipinski definition) is 2. The van der Waals surface area contributed by atoms with Crippen molar-refractivity contribution in [2.75, 3.05) is 11.9 Å². The molecule has 1 aromatic heterocycles. The third kappa shape index (κ3) is 6.36. The standard InChI is InChI=1S/C26H38N4O3/c1-17(2)15-26(7,30(24(31)32)25(4,5)6)16-33-22-11-8-19(14-18(22)3)21-12-13-27-23(29-21)28-20-9-10-20/h8,11-14,17,20H,9-10,15-16H2,1-7H3,(H,31,32)(H,27,28,29). The fraction of sp³-hybridized carbons (Fsp3) is 0.577. The maximum absolute atomic E-state index is 12.2. The molecule has 1 atom stereocenters. The number of nitrogens with zero attached hydrogens (tertiary/aromatic N) is 3. The van der Waals surface area contributed by atoms with Crippen LogP contribution in [0.3, 0.4) is 0 Å². The van der Waals surface area contributed by atoms with Crippen LogP contribution in [-0.4, -0.2) is 49.8 Å². The number of nitrogens with one attached hydrogen (secondary N) is 1. The molecular weight excluding hydrogens is 416 g/mol. The average Bonchev–Trinajstić information content (AvgIpc) is 3.49. The van der Waals surface area contributed by atoms with Gasteiger partial charge in [0.1, 0.15) is 12.4 Å². The summed E-state index contributed by atoms with van der Waals surface area (Å²) in [6.07, 6.45) is 3.88. The highest BCUT2D eigenvalue weighted by atomic mass is 16.5. The minimum Gasteiger partial charge on any atom is -0.491 e. The van der Waals surface area contributed by atoms with Gasteiger partial charge in [0, 0.05) is 23.3 Å². The number of aromatic nitrogens is 2. The molecule has 0 saturated heterocycles. The molecule has 33 heavy (non-hydrogen) atoms. The van der Waals surface area contributed by atoms with Crippen molar-refractivity contribution in [3.63, 3.8) is 0 Å². The van der Waals surface area contributed by atoms with Gasteiger partial charge in [-0.2, -0.15) is 0 Å². The summed E-state index contributed by atoms with van der Waals surface area (Å²) in [7, 11) is 0. The lowest BCUT2D eigenvalue weighted by Crippen LogP contribution is -2.61. The van der Waals surface area contributed by atoms with E-state index in [2.05, 4.69) is 35.2 Å². The Morgan fingerprint density at radius 1 is 1.24 bits per heavy atom. The SMILES string of the molecule is Cc1cc(-c2ccnc(NC3CC3)n2)ccc1OCC(C)(CC(C)C)N(C(=O)O)C(C)(C)C. The van der Waals surface area contributed by atoms with Gasteiger partial charge in [-0.25, -0.2) is 14.8 Å². The predicted octanol–water partition coefficient (Wildman–Crippen LogP) is 5.99. The Kier molecular flexibility index (Phi) is 7.20. The van der Waals surface area contributed by atoms with Crippen molar-refractivity contribution in [1.82, 2.24) is 14.9 Å². The second-order valence-electron chi connectivity index (χ2n) is 10.8. The van der Waals surface area contributed by atoms with E-state index in [9.17, 15) is 9.90 Å². The summed E-state index contributed by atoms with van der Waals surface area (Å²) >= 11 is 0. The van der Waals surface area contributed by atoms with Gasteiger partial charge < -0.3 is 15.2 Å². The molecule has 0 bridgehead atoms. The van der Waals surface area contributed by atoms with Gasteiger partial charge in [0.05, 0.1) is 11.2 Å². The molecule has 1 unspecified atom stereocenters. The molecular formula is C26H38N4O3. The first kappa shape index (κ1) is 24.8. The zero-order valence-electron chi connectivity index (χ0n) is 21.0. The molecule has 1 heterocycles. The molecule has 7 heteroatoms. The molecule has 180 valence electrons. The third-order valence-electron chi connectivity index (χ3n) is 5.83. The lowest BCUT2D eigenvalue weighted by Gasteiger charge is -2.47. The number of ether oxygens (including phenoxy) is 1. The highest BCUT2D eigenvalue weighted by Crippen LogP contribution is 2.33. The number of hydrogen-bond acceptors (Lipinski definition) is 5. The van der Waals surface area contributed by atoms with Crippen molar-refractivity contribution >= 4 is 12.0 Å². The highest BCUT2D eigenvalue weighted by molar-refractivity contribution is 5.67. The lowest BCUT2D eigenvalue weighted by molar-refractivity contribution is -0.0109. The van der Waals surface area contributed by atoms with Crippen LogP contribution in [0.2, 0.25) is 0 Å². The summed E-state index contributed by atoms with van der Waals surface area (Å²) in [5, 5.41) is 13.3. The van der Waals surface area contributed by atoms with Crippen LogP contribution in [-0.2, 0) is 0 Å². The second-order valence-corrected chi connectivity index (χ2v) is 10.8. The summed E-state index contributed by atoms with van der Waals surface area (Å²) in [6, 6.07) is 8.39. The quantitative estimate of drug-likeness (QED) is 0.484. The minimum absolute atomic E-state index is 0.276. The molecule has 1 amide bonds. The van der Waals surface area contributed by atoms with Gasteiger partial charge in [-0.05, 0) is 89.6 Å². The molecule has 1 fully saturated rings. The molecule has 2 aromatic rings. The van der Waals surface area contributed by atoms with Gasteiger partial charge in [-0.15, -0.1) is 0 Å². The fourth-order valence-corrected chi connectivity index (χ4v) is 4.63. The maximum Gasteiger partial charge on any atom is 0.408 e. The summed E-state index contributed by atoms with van der Waals surface area (Å²) < 4.78 is 6.25. The van der Waals surface area contributed by atoms with Crippen molar-refractivity contribution in [1.29, 1.82) is 0 Å². The van der Waals surface area contributed by atoms with E-state index in [1.807, 2.05) is 52.8 Å². The van der Waals surface area contributed by atoms with Crippen LogP contribution < -0.4 is 10.1 Å². The Morgan fingerprint density at radius 2 is 1.94 bits per heavy atom. The number of carboxylic acid groups (broad SMARTS) is 1. The number of carbonyl (C=O) groups is 1. The van der Waals surface area contributed by atoms with E-state index in [1.165, 1.54) is 12.8 Å². The van der Waals surface area contributed by atoms with Gasteiger partial charge in [0.25, 0.3) is 0 Å². The maximum atomic E-state index is 12.2. The highest BCUT2D eigenvalue weighted by Gasteiger charge is 2.43. The van der Waals surface area contributed by atoms with Crippen molar-refractivity contribution in [3.05, 3.63) is 36.0 Å². The van der Waals surface area contributed by atoms with Crippen LogP contribution in [0, 0.1) is 12.8 Å². The Balaban J connectivity index is 1.80. The van der Waals surface area contributed by atoms with E-state index < -0.39 is 17.2 Å². The normalized spacial score (nSPS) is 15.8. The Hall–Kier alpha value is -2.83. The molecule has 1 aliphatic rings. The number of aryl methyl sites for hydroxylation is 1. The Bertz CT molecular complexity index is 982. The van der Waals surface area contributed by atoms with Crippen LogP contribution in [0.5, 0.6) is 5.75 Å². The largest absolute Gasteiger partial charge is 0.491 e. The molecule has 0 aliphatic heterocycles. The van der Waals surface area contributed by atoms with Crippen molar-refractivity contribution in [2.45, 2.75) is 84.8 Å². The molecule has 1 aliphatic carbocycles. The van der Waals surface area contributed by atoms with Crippen LogP contribution in [0.4, 0.5) is 10.7 Å². The molecule has 2 N–H and O–H groups in total. The van der Waals surface area contributed by atoms with E-state index in [0.29, 0.717) is 24.3 Å².